The number of halogens is 2. The highest BCUT2D eigenvalue weighted by molar-refractivity contribution is 6.32. The number of anilines is 1. The molecule has 0 saturated heterocycles. The highest BCUT2D eigenvalue weighted by Gasteiger charge is 2.14. The first kappa shape index (κ1) is 22.7. The Hall–Kier alpha value is -3.02. The van der Waals surface area contributed by atoms with E-state index in [1.54, 1.807) is 30.5 Å². The van der Waals surface area contributed by atoms with Gasteiger partial charge in [-0.25, -0.2) is 0 Å². The maximum atomic E-state index is 12.3. The Morgan fingerprint density at radius 3 is 2.45 bits per heavy atom. The number of methoxy groups -OCH3 is 1. The number of amides is 1. The molecule has 0 spiro atoms. The van der Waals surface area contributed by atoms with Gasteiger partial charge in [0.25, 0.3) is 5.91 Å². The smallest absolute Gasteiger partial charge is 0.262 e. The molecule has 160 valence electrons. The fourth-order valence-electron chi connectivity index (χ4n) is 2.74. The van der Waals surface area contributed by atoms with E-state index in [0.29, 0.717) is 21.5 Å². The number of nitrogens with one attached hydrogen (secondary N) is 1. The summed E-state index contributed by atoms with van der Waals surface area (Å²) in [4.78, 5) is 16.7. The molecule has 0 heterocycles. The van der Waals surface area contributed by atoms with Crippen LogP contribution in [-0.2, 0) is 4.79 Å². The third-order valence-electron chi connectivity index (χ3n) is 4.45. The van der Waals surface area contributed by atoms with Crippen LogP contribution in [0.1, 0.15) is 16.7 Å². The first-order valence-corrected chi connectivity index (χ1v) is 10.3. The number of ether oxygens (including phenoxy) is 2. The lowest BCUT2D eigenvalue weighted by Crippen LogP contribution is -2.20. The summed E-state index contributed by atoms with van der Waals surface area (Å²) in [6.45, 7) is 3.67. The van der Waals surface area contributed by atoms with E-state index < -0.39 is 0 Å². The molecule has 0 aliphatic heterocycles. The average molecular weight is 457 g/mol. The minimum atomic E-state index is -0.344. The van der Waals surface area contributed by atoms with E-state index in [9.17, 15) is 4.79 Å². The zero-order chi connectivity index (χ0) is 22.4. The second-order valence-electron chi connectivity index (χ2n) is 6.93. The van der Waals surface area contributed by atoms with Crippen LogP contribution in [0.4, 0.5) is 11.4 Å². The number of nitrogens with zero attached hydrogens (tertiary/aromatic N) is 1. The summed E-state index contributed by atoms with van der Waals surface area (Å²) in [5, 5.41) is 3.63. The Bertz CT molecular complexity index is 1110. The maximum Gasteiger partial charge on any atom is 0.262 e. The standard InChI is InChI=1S/C24H22Cl2N2O3/c1-15-4-7-18(8-5-15)27-13-17-10-21(26)24(22(11-17)30-3)31-14-23(29)28-19-9-6-16(2)20(25)12-19/h4-13H,14H2,1-3H3,(H,28,29). The van der Waals surface area contributed by atoms with Crippen LogP contribution in [-0.4, -0.2) is 25.8 Å². The molecule has 0 bridgehead atoms. The van der Waals surface area contributed by atoms with Crippen LogP contribution in [0.3, 0.4) is 0 Å². The molecule has 1 N–H and O–H groups in total. The van der Waals surface area contributed by atoms with E-state index >= 15 is 0 Å². The normalized spacial score (nSPS) is 10.9. The topological polar surface area (TPSA) is 59.9 Å². The lowest BCUT2D eigenvalue weighted by atomic mass is 10.2. The summed E-state index contributed by atoms with van der Waals surface area (Å²) < 4.78 is 11.0. The second kappa shape index (κ2) is 10.3. The van der Waals surface area contributed by atoms with Gasteiger partial charge < -0.3 is 14.8 Å². The predicted octanol–water partition coefficient (Wildman–Crippen LogP) is 6.39. The molecule has 3 aromatic carbocycles. The molecule has 0 fully saturated rings. The zero-order valence-corrected chi connectivity index (χ0v) is 18.9. The molecule has 31 heavy (non-hydrogen) atoms. The molecular weight excluding hydrogens is 435 g/mol. The van der Waals surface area contributed by atoms with Gasteiger partial charge in [0.05, 0.1) is 17.8 Å². The number of carbonyl (C=O) groups excluding carboxylic acids is 1. The van der Waals surface area contributed by atoms with E-state index in [-0.39, 0.29) is 18.3 Å². The van der Waals surface area contributed by atoms with Gasteiger partial charge in [-0.15, -0.1) is 0 Å². The lowest BCUT2D eigenvalue weighted by Gasteiger charge is -2.13. The van der Waals surface area contributed by atoms with Crippen molar-refractivity contribution in [3.8, 4) is 11.5 Å². The molecule has 0 saturated carbocycles. The van der Waals surface area contributed by atoms with E-state index in [1.807, 2.05) is 44.2 Å². The van der Waals surface area contributed by atoms with Gasteiger partial charge in [-0.2, -0.15) is 0 Å². The molecule has 1 amide bonds. The van der Waals surface area contributed by atoms with Crippen molar-refractivity contribution in [1.82, 2.24) is 0 Å². The zero-order valence-electron chi connectivity index (χ0n) is 17.4. The van der Waals surface area contributed by atoms with Crippen molar-refractivity contribution in [1.29, 1.82) is 0 Å². The molecule has 0 aliphatic carbocycles. The SMILES string of the molecule is COc1cc(C=Nc2ccc(C)cc2)cc(Cl)c1OCC(=O)Nc1ccc(C)c(Cl)c1. The van der Waals surface area contributed by atoms with Gasteiger partial charge in [-0.3, -0.25) is 9.79 Å². The van der Waals surface area contributed by atoms with Gasteiger partial charge in [0.15, 0.2) is 18.1 Å². The van der Waals surface area contributed by atoms with E-state index in [4.69, 9.17) is 32.7 Å². The van der Waals surface area contributed by atoms with Gasteiger partial charge in [-0.05, 0) is 61.4 Å². The van der Waals surface area contributed by atoms with Gasteiger partial charge in [0, 0.05) is 16.9 Å². The van der Waals surface area contributed by atoms with Gasteiger partial charge in [0.2, 0.25) is 0 Å². The van der Waals surface area contributed by atoms with Crippen molar-refractivity contribution in [2.45, 2.75) is 13.8 Å². The number of rotatable bonds is 7. The third kappa shape index (κ3) is 6.23. The van der Waals surface area contributed by atoms with Crippen molar-refractivity contribution < 1.29 is 14.3 Å². The number of carbonyl (C=O) groups is 1. The maximum absolute atomic E-state index is 12.3. The van der Waals surface area contributed by atoms with Gasteiger partial charge >= 0.3 is 0 Å². The molecule has 0 aliphatic rings. The summed E-state index contributed by atoms with van der Waals surface area (Å²) >= 11 is 12.5. The van der Waals surface area contributed by atoms with Crippen molar-refractivity contribution in [2.75, 3.05) is 19.0 Å². The fraction of sp³-hybridized carbons (Fsp3) is 0.167. The highest BCUT2D eigenvalue weighted by atomic mass is 35.5. The number of hydrogen-bond acceptors (Lipinski definition) is 4. The van der Waals surface area contributed by atoms with E-state index in [0.717, 1.165) is 16.8 Å². The quantitative estimate of drug-likeness (QED) is 0.419. The Balaban J connectivity index is 1.68. The first-order chi connectivity index (χ1) is 14.9. The van der Waals surface area contributed by atoms with Crippen LogP contribution in [0, 0.1) is 13.8 Å². The Kier molecular flexibility index (Phi) is 7.55. The van der Waals surface area contributed by atoms with Crippen molar-refractivity contribution in [2.24, 2.45) is 4.99 Å². The molecule has 3 rings (SSSR count). The van der Waals surface area contributed by atoms with Gasteiger partial charge in [0.1, 0.15) is 0 Å². The molecule has 0 unspecified atom stereocenters. The molecule has 0 radical (unpaired) electrons. The Morgan fingerprint density at radius 1 is 1.03 bits per heavy atom. The summed E-state index contributed by atoms with van der Waals surface area (Å²) in [6, 6.07) is 16.6. The van der Waals surface area contributed by atoms with Crippen LogP contribution in [0.15, 0.2) is 59.6 Å². The number of benzene rings is 3. The molecule has 7 heteroatoms. The van der Waals surface area contributed by atoms with Crippen LogP contribution >= 0.6 is 23.2 Å². The Morgan fingerprint density at radius 2 is 1.77 bits per heavy atom. The monoisotopic (exact) mass is 456 g/mol. The first-order valence-electron chi connectivity index (χ1n) is 9.53. The summed E-state index contributed by atoms with van der Waals surface area (Å²) in [6.07, 6.45) is 1.69. The molecular formula is C24H22Cl2N2O3. The molecule has 0 atom stereocenters. The fourth-order valence-corrected chi connectivity index (χ4v) is 3.19. The third-order valence-corrected chi connectivity index (χ3v) is 5.14. The number of aliphatic imine (C=N–C) groups is 1. The van der Waals surface area contributed by atoms with Crippen molar-refractivity contribution in [3.05, 3.63) is 81.3 Å². The molecule has 0 aromatic heterocycles. The van der Waals surface area contributed by atoms with Crippen LogP contribution in [0.2, 0.25) is 10.0 Å². The number of hydrogen-bond donors (Lipinski definition) is 1. The van der Waals surface area contributed by atoms with Crippen LogP contribution in [0.5, 0.6) is 11.5 Å². The minimum absolute atomic E-state index is 0.238. The number of aryl methyl sites for hydroxylation is 2. The van der Waals surface area contributed by atoms with Gasteiger partial charge in [-0.1, -0.05) is 47.0 Å². The highest BCUT2D eigenvalue weighted by Crippen LogP contribution is 2.36. The summed E-state index contributed by atoms with van der Waals surface area (Å²) in [5.74, 6) is 0.348. The largest absolute Gasteiger partial charge is 0.493 e. The minimum Gasteiger partial charge on any atom is -0.493 e. The molecule has 5 nitrogen and oxygen atoms in total. The lowest BCUT2D eigenvalue weighted by molar-refractivity contribution is -0.118. The van der Waals surface area contributed by atoms with Crippen molar-refractivity contribution in [3.63, 3.8) is 0 Å². The molecule has 3 aromatic rings. The predicted molar refractivity (Wildman–Crippen MR) is 127 cm³/mol. The van der Waals surface area contributed by atoms with Crippen LogP contribution in [0.25, 0.3) is 0 Å². The van der Waals surface area contributed by atoms with Crippen molar-refractivity contribution >= 4 is 46.7 Å². The second-order valence-corrected chi connectivity index (χ2v) is 7.74. The van der Waals surface area contributed by atoms with Crippen LogP contribution < -0.4 is 14.8 Å². The Labute approximate surface area is 191 Å². The summed E-state index contributed by atoms with van der Waals surface area (Å²) in [5.41, 5.74) is 4.26. The summed E-state index contributed by atoms with van der Waals surface area (Å²) in [7, 11) is 1.51. The van der Waals surface area contributed by atoms with E-state index in [1.165, 1.54) is 12.7 Å². The van der Waals surface area contributed by atoms with E-state index in [2.05, 4.69) is 10.3 Å². The average Bonchev–Trinajstić information content (AvgIpc) is 2.74.